The Kier molecular flexibility index (Phi) is 7.90. The standard InChI is InChI=1S/C22H29BrN4O3/c1-4-5-6-7-8-9-12-30-21(28)19-15(2)26-22-24-14-25-27(22)20(19)17-13-16(23)10-11-18(17)29-3/h10-11,13-14,20H,4-9,12H2,1-3H3,(H,24,25,26)/t20-/m1/s1. The number of hydrogen-bond acceptors (Lipinski definition) is 6. The molecule has 0 saturated carbocycles. The lowest BCUT2D eigenvalue weighted by molar-refractivity contribution is -0.139. The van der Waals surface area contributed by atoms with E-state index in [9.17, 15) is 4.79 Å². The van der Waals surface area contributed by atoms with Crippen molar-refractivity contribution in [2.24, 2.45) is 0 Å². The lowest BCUT2D eigenvalue weighted by Crippen LogP contribution is -2.30. The number of carbonyl (C=O) groups is 1. The molecule has 1 aromatic carbocycles. The van der Waals surface area contributed by atoms with Crippen LogP contribution >= 0.6 is 15.9 Å². The molecule has 0 spiro atoms. The Balaban J connectivity index is 1.81. The van der Waals surface area contributed by atoms with Gasteiger partial charge in [0.25, 0.3) is 0 Å². The van der Waals surface area contributed by atoms with Gasteiger partial charge in [-0.1, -0.05) is 55.0 Å². The van der Waals surface area contributed by atoms with E-state index in [4.69, 9.17) is 9.47 Å². The molecule has 0 fully saturated rings. The van der Waals surface area contributed by atoms with Crippen LogP contribution in [0.5, 0.6) is 5.75 Å². The van der Waals surface area contributed by atoms with Crippen molar-refractivity contribution in [3.8, 4) is 5.75 Å². The molecule has 0 amide bonds. The number of nitrogens with zero attached hydrogens (tertiary/aromatic N) is 3. The van der Waals surface area contributed by atoms with Gasteiger partial charge in [-0.25, -0.2) is 9.48 Å². The van der Waals surface area contributed by atoms with Crippen molar-refractivity contribution in [1.82, 2.24) is 14.8 Å². The van der Waals surface area contributed by atoms with Gasteiger partial charge in [-0.3, -0.25) is 0 Å². The molecule has 30 heavy (non-hydrogen) atoms. The number of esters is 1. The topological polar surface area (TPSA) is 78.3 Å². The van der Waals surface area contributed by atoms with E-state index in [-0.39, 0.29) is 5.97 Å². The molecule has 1 N–H and O–H groups in total. The molecule has 1 atom stereocenters. The Morgan fingerprint density at radius 1 is 1.23 bits per heavy atom. The lowest BCUT2D eigenvalue weighted by Gasteiger charge is -2.29. The minimum atomic E-state index is -0.492. The van der Waals surface area contributed by atoms with Crippen LogP contribution < -0.4 is 10.1 Å². The van der Waals surface area contributed by atoms with Gasteiger partial charge in [-0.15, -0.1) is 0 Å². The van der Waals surface area contributed by atoms with Crippen LogP contribution in [0.25, 0.3) is 0 Å². The Morgan fingerprint density at radius 3 is 2.77 bits per heavy atom. The smallest absolute Gasteiger partial charge is 0.338 e. The number of halogens is 1. The molecule has 0 saturated heterocycles. The first-order valence-corrected chi connectivity index (χ1v) is 11.2. The maximum Gasteiger partial charge on any atom is 0.338 e. The number of benzene rings is 1. The van der Waals surface area contributed by atoms with Crippen LogP contribution in [0.4, 0.5) is 5.95 Å². The molecule has 2 heterocycles. The van der Waals surface area contributed by atoms with Gasteiger partial charge in [0.05, 0.1) is 19.3 Å². The third kappa shape index (κ3) is 5.03. The van der Waals surface area contributed by atoms with E-state index in [0.717, 1.165) is 22.9 Å². The van der Waals surface area contributed by atoms with E-state index in [1.807, 2.05) is 25.1 Å². The zero-order valence-corrected chi connectivity index (χ0v) is 19.4. The monoisotopic (exact) mass is 476 g/mol. The molecule has 3 rings (SSSR count). The first-order chi connectivity index (χ1) is 14.6. The van der Waals surface area contributed by atoms with Crippen LogP contribution in [0, 0.1) is 0 Å². The van der Waals surface area contributed by atoms with Gasteiger partial charge in [-0.05, 0) is 31.5 Å². The van der Waals surface area contributed by atoms with Crippen molar-refractivity contribution in [2.45, 2.75) is 58.4 Å². The summed E-state index contributed by atoms with van der Waals surface area (Å²) in [4.78, 5) is 17.4. The first kappa shape index (κ1) is 22.3. The molecule has 0 bridgehead atoms. The number of nitrogens with one attached hydrogen (secondary N) is 1. The predicted octanol–water partition coefficient (Wildman–Crippen LogP) is 5.24. The first-order valence-electron chi connectivity index (χ1n) is 10.4. The number of rotatable bonds is 10. The van der Waals surface area contributed by atoms with Crippen molar-refractivity contribution in [3.63, 3.8) is 0 Å². The minimum absolute atomic E-state index is 0.346. The van der Waals surface area contributed by atoms with Crippen LogP contribution in [-0.2, 0) is 9.53 Å². The summed E-state index contributed by atoms with van der Waals surface area (Å²) >= 11 is 3.52. The number of unbranched alkanes of at least 4 members (excludes halogenated alkanes) is 5. The van der Waals surface area contributed by atoms with Crippen molar-refractivity contribution >= 4 is 27.8 Å². The number of anilines is 1. The fourth-order valence-corrected chi connectivity index (χ4v) is 4.07. The highest BCUT2D eigenvalue weighted by atomic mass is 79.9. The molecular formula is C22H29BrN4O3. The highest BCUT2D eigenvalue weighted by molar-refractivity contribution is 9.10. The van der Waals surface area contributed by atoms with Crippen LogP contribution in [0.15, 0.2) is 40.3 Å². The Hall–Kier alpha value is -2.35. The van der Waals surface area contributed by atoms with Crippen LogP contribution in [0.1, 0.15) is 64.0 Å². The van der Waals surface area contributed by atoms with Gasteiger partial charge in [0, 0.05) is 15.7 Å². The molecular weight excluding hydrogens is 448 g/mol. The number of carbonyl (C=O) groups excluding carboxylic acids is 1. The third-order valence-electron chi connectivity index (χ3n) is 5.23. The molecule has 0 radical (unpaired) electrons. The van der Waals surface area contributed by atoms with Crippen LogP contribution in [-0.4, -0.2) is 34.5 Å². The minimum Gasteiger partial charge on any atom is -0.496 e. The molecule has 2 aromatic rings. The molecule has 0 unspecified atom stereocenters. The molecule has 162 valence electrons. The average Bonchev–Trinajstić information content (AvgIpc) is 3.19. The lowest BCUT2D eigenvalue weighted by atomic mass is 9.95. The van der Waals surface area contributed by atoms with E-state index >= 15 is 0 Å². The third-order valence-corrected chi connectivity index (χ3v) is 5.72. The van der Waals surface area contributed by atoms with E-state index < -0.39 is 6.04 Å². The zero-order valence-electron chi connectivity index (χ0n) is 17.8. The number of hydrogen-bond donors (Lipinski definition) is 1. The second-order valence-electron chi connectivity index (χ2n) is 7.38. The average molecular weight is 477 g/mol. The molecule has 8 heteroatoms. The maximum atomic E-state index is 13.1. The Labute approximate surface area is 186 Å². The van der Waals surface area contributed by atoms with Crippen molar-refractivity contribution < 1.29 is 14.3 Å². The number of ether oxygens (including phenoxy) is 2. The SMILES string of the molecule is CCCCCCCCOC(=O)C1=C(C)Nc2ncnn2[C@@H]1c1cc(Br)ccc1OC. The summed E-state index contributed by atoms with van der Waals surface area (Å²) < 4.78 is 13.8. The van der Waals surface area contributed by atoms with Gasteiger partial charge in [0.1, 0.15) is 18.1 Å². The summed E-state index contributed by atoms with van der Waals surface area (Å²) in [6.45, 7) is 4.47. The number of methoxy groups -OCH3 is 1. The molecule has 0 aliphatic carbocycles. The maximum absolute atomic E-state index is 13.1. The fourth-order valence-electron chi connectivity index (χ4n) is 3.69. The van der Waals surface area contributed by atoms with Gasteiger partial charge in [0.15, 0.2) is 0 Å². The Morgan fingerprint density at radius 2 is 2.00 bits per heavy atom. The second-order valence-corrected chi connectivity index (χ2v) is 8.30. The fraction of sp³-hybridized carbons (Fsp3) is 0.500. The molecule has 1 aromatic heterocycles. The second kappa shape index (κ2) is 10.6. The van der Waals surface area contributed by atoms with Crippen molar-refractivity contribution in [3.05, 3.63) is 45.8 Å². The van der Waals surface area contributed by atoms with E-state index in [1.54, 1.807) is 11.8 Å². The predicted molar refractivity (Wildman–Crippen MR) is 120 cm³/mol. The highest BCUT2D eigenvalue weighted by Gasteiger charge is 2.36. The van der Waals surface area contributed by atoms with Gasteiger partial charge in [-0.2, -0.15) is 10.1 Å². The molecule has 7 nitrogen and oxygen atoms in total. The Bertz CT molecular complexity index is 910. The molecule has 1 aliphatic rings. The van der Waals surface area contributed by atoms with E-state index in [2.05, 4.69) is 38.3 Å². The quantitative estimate of drug-likeness (QED) is 0.373. The number of aromatic nitrogens is 3. The highest BCUT2D eigenvalue weighted by Crippen LogP contribution is 2.40. The normalized spacial score (nSPS) is 15.5. The zero-order chi connectivity index (χ0) is 21.5. The van der Waals surface area contributed by atoms with Crippen LogP contribution in [0.2, 0.25) is 0 Å². The number of fused-ring (bicyclic) bond motifs is 1. The van der Waals surface area contributed by atoms with E-state index in [0.29, 0.717) is 29.6 Å². The van der Waals surface area contributed by atoms with Crippen LogP contribution in [0.3, 0.4) is 0 Å². The summed E-state index contributed by atoms with van der Waals surface area (Å²) in [5, 5.41) is 7.52. The summed E-state index contributed by atoms with van der Waals surface area (Å²) in [7, 11) is 1.61. The van der Waals surface area contributed by atoms with E-state index in [1.165, 1.54) is 32.0 Å². The summed E-state index contributed by atoms with van der Waals surface area (Å²) in [5.74, 6) is 0.898. The summed E-state index contributed by atoms with van der Waals surface area (Å²) in [6, 6.07) is 5.22. The van der Waals surface area contributed by atoms with Gasteiger partial charge >= 0.3 is 5.97 Å². The van der Waals surface area contributed by atoms with Gasteiger partial charge in [0.2, 0.25) is 5.95 Å². The largest absolute Gasteiger partial charge is 0.496 e. The van der Waals surface area contributed by atoms with Crippen molar-refractivity contribution in [2.75, 3.05) is 19.0 Å². The summed E-state index contributed by atoms with van der Waals surface area (Å²) in [6.07, 6.45) is 8.30. The van der Waals surface area contributed by atoms with Crippen molar-refractivity contribution in [1.29, 1.82) is 0 Å². The van der Waals surface area contributed by atoms with Gasteiger partial charge < -0.3 is 14.8 Å². The number of allylic oxidation sites excluding steroid dienone is 1. The molecule has 1 aliphatic heterocycles. The summed E-state index contributed by atoms with van der Waals surface area (Å²) in [5.41, 5.74) is 2.02.